The molecule has 0 unspecified atom stereocenters. The molecule has 0 bridgehead atoms. The summed E-state index contributed by atoms with van der Waals surface area (Å²) < 4.78 is 21.0. The highest BCUT2D eigenvalue weighted by atomic mass is 79.9. The number of methoxy groups -OCH3 is 2. The van der Waals surface area contributed by atoms with E-state index >= 15 is 0 Å². The number of amides is 1. The van der Waals surface area contributed by atoms with E-state index in [9.17, 15) is 14.4 Å². The first-order chi connectivity index (χ1) is 14.9. The van der Waals surface area contributed by atoms with Gasteiger partial charge in [-0.2, -0.15) is 0 Å². The number of ether oxygens (including phenoxy) is 4. The number of hydrogen-bond donors (Lipinski definition) is 1. The van der Waals surface area contributed by atoms with Crippen molar-refractivity contribution >= 4 is 45.5 Å². The van der Waals surface area contributed by atoms with Crippen LogP contribution in [-0.2, 0) is 23.9 Å². The third-order valence-corrected chi connectivity index (χ3v) is 4.45. The SMILES string of the molecule is CCOc1cc(C=C(C(=O)OC)C(=O)OC)cc(Br)c1OCC(=O)Nc1ccccc1. The van der Waals surface area contributed by atoms with Crippen LogP contribution in [0.1, 0.15) is 12.5 Å². The number of benzene rings is 2. The summed E-state index contributed by atoms with van der Waals surface area (Å²) in [6, 6.07) is 12.2. The fraction of sp³-hybridized carbons (Fsp3) is 0.227. The zero-order valence-electron chi connectivity index (χ0n) is 17.3. The maximum Gasteiger partial charge on any atom is 0.345 e. The topological polar surface area (TPSA) is 100 Å². The first-order valence-corrected chi connectivity index (χ1v) is 10.0. The summed E-state index contributed by atoms with van der Waals surface area (Å²) in [7, 11) is 2.33. The van der Waals surface area contributed by atoms with Crippen molar-refractivity contribution in [2.45, 2.75) is 6.92 Å². The number of rotatable bonds is 9. The van der Waals surface area contributed by atoms with Gasteiger partial charge in [-0.25, -0.2) is 9.59 Å². The van der Waals surface area contributed by atoms with Crippen LogP contribution in [-0.4, -0.2) is 45.3 Å². The van der Waals surface area contributed by atoms with E-state index in [4.69, 9.17) is 9.47 Å². The van der Waals surface area contributed by atoms with E-state index < -0.39 is 11.9 Å². The van der Waals surface area contributed by atoms with E-state index in [1.165, 1.54) is 6.08 Å². The number of para-hydroxylation sites is 1. The van der Waals surface area contributed by atoms with Gasteiger partial charge in [0.2, 0.25) is 0 Å². The van der Waals surface area contributed by atoms with E-state index in [1.54, 1.807) is 31.2 Å². The van der Waals surface area contributed by atoms with Crippen LogP contribution in [0, 0.1) is 0 Å². The van der Waals surface area contributed by atoms with Crippen LogP contribution in [0.3, 0.4) is 0 Å². The van der Waals surface area contributed by atoms with E-state index in [2.05, 4.69) is 30.7 Å². The van der Waals surface area contributed by atoms with Gasteiger partial charge in [0, 0.05) is 5.69 Å². The normalized spacial score (nSPS) is 9.94. The molecular formula is C22H22BrNO7. The molecule has 8 nitrogen and oxygen atoms in total. The number of esters is 2. The number of carbonyl (C=O) groups excluding carboxylic acids is 3. The van der Waals surface area contributed by atoms with Gasteiger partial charge in [0.25, 0.3) is 5.91 Å². The molecule has 1 N–H and O–H groups in total. The fourth-order valence-electron chi connectivity index (χ4n) is 2.52. The number of nitrogens with one attached hydrogen (secondary N) is 1. The molecule has 9 heteroatoms. The van der Waals surface area contributed by atoms with Crippen molar-refractivity contribution in [2.24, 2.45) is 0 Å². The summed E-state index contributed by atoms with van der Waals surface area (Å²) in [6.45, 7) is 1.86. The highest BCUT2D eigenvalue weighted by Gasteiger charge is 2.21. The van der Waals surface area contributed by atoms with Crippen LogP contribution < -0.4 is 14.8 Å². The second kappa shape index (κ2) is 11.8. The predicted octanol–water partition coefficient (Wildman–Crippen LogP) is 3.59. The van der Waals surface area contributed by atoms with Gasteiger partial charge in [0.1, 0.15) is 5.57 Å². The van der Waals surface area contributed by atoms with Gasteiger partial charge >= 0.3 is 11.9 Å². The van der Waals surface area contributed by atoms with E-state index in [0.717, 1.165) is 14.2 Å². The third-order valence-electron chi connectivity index (χ3n) is 3.86. The molecule has 1 amide bonds. The quantitative estimate of drug-likeness (QED) is 0.247. The summed E-state index contributed by atoms with van der Waals surface area (Å²) in [5.41, 5.74) is 0.830. The van der Waals surface area contributed by atoms with Crippen molar-refractivity contribution in [3.63, 3.8) is 0 Å². The summed E-state index contributed by atoms with van der Waals surface area (Å²) in [4.78, 5) is 36.0. The van der Waals surface area contributed by atoms with Crippen molar-refractivity contribution in [1.29, 1.82) is 0 Å². The molecule has 2 rings (SSSR count). The number of hydrogen-bond acceptors (Lipinski definition) is 7. The van der Waals surface area contributed by atoms with E-state index in [-0.39, 0.29) is 18.1 Å². The molecule has 0 aliphatic carbocycles. The van der Waals surface area contributed by atoms with Crippen LogP contribution in [0.2, 0.25) is 0 Å². The molecule has 0 atom stereocenters. The monoisotopic (exact) mass is 491 g/mol. The summed E-state index contributed by atoms with van der Waals surface area (Å²) in [6.07, 6.45) is 1.32. The molecule has 0 aliphatic rings. The first kappa shape index (κ1) is 23.9. The van der Waals surface area contributed by atoms with Crippen molar-refractivity contribution < 1.29 is 33.3 Å². The maximum atomic E-state index is 12.2. The van der Waals surface area contributed by atoms with Crippen LogP contribution in [0.25, 0.3) is 6.08 Å². The van der Waals surface area contributed by atoms with Crippen molar-refractivity contribution in [3.8, 4) is 11.5 Å². The lowest BCUT2D eigenvalue weighted by molar-refractivity contribution is -0.143. The number of anilines is 1. The van der Waals surface area contributed by atoms with Crippen LogP contribution in [0.15, 0.2) is 52.5 Å². The lowest BCUT2D eigenvalue weighted by Crippen LogP contribution is -2.20. The van der Waals surface area contributed by atoms with Crippen LogP contribution in [0.5, 0.6) is 11.5 Å². The Morgan fingerprint density at radius 3 is 2.23 bits per heavy atom. The molecule has 2 aromatic rings. The van der Waals surface area contributed by atoms with Gasteiger partial charge in [-0.1, -0.05) is 18.2 Å². The smallest absolute Gasteiger partial charge is 0.345 e. The zero-order chi connectivity index (χ0) is 22.8. The van der Waals surface area contributed by atoms with Crippen molar-refractivity contribution in [2.75, 3.05) is 32.8 Å². The Morgan fingerprint density at radius 1 is 1.00 bits per heavy atom. The van der Waals surface area contributed by atoms with Crippen molar-refractivity contribution in [1.82, 2.24) is 0 Å². The fourth-order valence-corrected chi connectivity index (χ4v) is 3.09. The van der Waals surface area contributed by atoms with Gasteiger partial charge in [0.15, 0.2) is 18.1 Å². The minimum absolute atomic E-state index is 0.252. The second-order valence-corrected chi connectivity index (χ2v) is 6.86. The summed E-state index contributed by atoms with van der Waals surface area (Å²) in [5, 5.41) is 2.73. The Balaban J connectivity index is 2.27. The molecule has 0 aromatic heterocycles. The minimum atomic E-state index is -0.834. The van der Waals surface area contributed by atoms with Gasteiger partial charge in [-0.3, -0.25) is 4.79 Å². The molecule has 164 valence electrons. The van der Waals surface area contributed by atoms with Gasteiger partial charge in [-0.15, -0.1) is 0 Å². The van der Waals surface area contributed by atoms with Gasteiger partial charge in [-0.05, 0) is 58.8 Å². The summed E-state index contributed by atoms with van der Waals surface area (Å²) >= 11 is 3.38. The second-order valence-electron chi connectivity index (χ2n) is 6.01. The highest BCUT2D eigenvalue weighted by molar-refractivity contribution is 9.10. The lowest BCUT2D eigenvalue weighted by atomic mass is 10.1. The Kier molecular flexibility index (Phi) is 9.08. The molecule has 0 spiro atoms. The average molecular weight is 492 g/mol. The molecule has 31 heavy (non-hydrogen) atoms. The third kappa shape index (κ3) is 6.85. The molecule has 0 saturated heterocycles. The lowest BCUT2D eigenvalue weighted by Gasteiger charge is -2.15. The minimum Gasteiger partial charge on any atom is -0.490 e. The average Bonchev–Trinajstić information content (AvgIpc) is 2.76. The highest BCUT2D eigenvalue weighted by Crippen LogP contribution is 2.37. The molecule has 0 fully saturated rings. The summed E-state index contributed by atoms with van der Waals surface area (Å²) in [5.74, 6) is -1.38. The van der Waals surface area contributed by atoms with Crippen LogP contribution >= 0.6 is 15.9 Å². The Bertz CT molecular complexity index is 955. The molecule has 0 aliphatic heterocycles. The number of halogens is 1. The predicted molar refractivity (Wildman–Crippen MR) is 118 cm³/mol. The maximum absolute atomic E-state index is 12.2. The van der Waals surface area contributed by atoms with Crippen molar-refractivity contribution in [3.05, 3.63) is 58.1 Å². The van der Waals surface area contributed by atoms with E-state index in [1.807, 2.05) is 18.2 Å². The number of carbonyl (C=O) groups is 3. The van der Waals surface area contributed by atoms with Gasteiger partial charge in [0.05, 0.1) is 25.3 Å². The molecule has 0 radical (unpaired) electrons. The Morgan fingerprint density at radius 2 is 1.65 bits per heavy atom. The van der Waals surface area contributed by atoms with E-state index in [0.29, 0.717) is 33.8 Å². The zero-order valence-corrected chi connectivity index (χ0v) is 18.9. The molecule has 0 heterocycles. The standard InChI is InChI=1S/C22H22BrNO7/c1-4-30-18-12-14(10-16(21(26)28-2)22(27)29-3)11-17(23)20(18)31-13-19(25)24-15-8-6-5-7-9-15/h5-12H,4,13H2,1-3H3,(H,24,25). The largest absolute Gasteiger partial charge is 0.490 e. The Hall–Kier alpha value is -3.33. The van der Waals surface area contributed by atoms with Gasteiger partial charge < -0.3 is 24.3 Å². The Labute approximate surface area is 188 Å². The first-order valence-electron chi connectivity index (χ1n) is 9.22. The molecule has 2 aromatic carbocycles. The molecular weight excluding hydrogens is 470 g/mol. The molecule has 0 saturated carbocycles. The van der Waals surface area contributed by atoms with Crippen LogP contribution in [0.4, 0.5) is 5.69 Å².